The molecule has 0 heterocycles. The molecule has 0 aromatic rings. The van der Waals surface area contributed by atoms with Crippen LogP contribution in [-0.4, -0.2) is 34.3 Å². The van der Waals surface area contributed by atoms with Crippen molar-refractivity contribution in [3.05, 3.63) is 0 Å². The first-order chi connectivity index (χ1) is 6.78. The summed E-state index contributed by atoms with van der Waals surface area (Å²) in [5.74, 6) is -3.32. The van der Waals surface area contributed by atoms with E-state index in [0.29, 0.717) is 0 Å². The summed E-state index contributed by atoms with van der Waals surface area (Å²) in [4.78, 5) is 26.8. The van der Waals surface area contributed by atoms with Crippen LogP contribution in [-0.2, 0) is 14.4 Å². The molecule has 88 valence electrons. The highest BCUT2D eigenvalue weighted by Gasteiger charge is 2.26. The molecule has 0 bridgehead atoms. The van der Waals surface area contributed by atoms with E-state index in [2.05, 4.69) is 5.48 Å². The first-order valence-electron chi connectivity index (χ1n) is 4.59. The number of carboxylic acids is 1. The van der Waals surface area contributed by atoms with Crippen LogP contribution < -0.4 is 5.48 Å². The van der Waals surface area contributed by atoms with Crippen molar-refractivity contribution in [3.8, 4) is 0 Å². The second-order valence-corrected chi connectivity index (χ2v) is 4.08. The molecule has 0 fully saturated rings. The molecule has 0 aliphatic carbocycles. The largest absolute Gasteiger partial charge is 0.481 e. The van der Waals surface area contributed by atoms with Gasteiger partial charge in [0.15, 0.2) is 0 Å². The fraction of sp³-hybridized carbons (Fsp3) is 0.778. The molecule has 0 aliphatic heterocycles. The Kier molecular flexibility index (Phi) is 5.24. The van der Waals surface area contributed by atoms with Crippen molar-refractivity contribution >= 4 is 11.9 Å². The van der Waals surface area contributed by atoms with Gasteiger partial charge in [0.25, 0.3) is 5.91 Å². The molecule has 1 atom stereocenters. The molecule has 1 unspecified atom stereocenters. The monoisotopic (exact) mass is 219 g/mol. The first-order valence-corrected chi connectivity index (χ1v) is 4.59. The van der Waals surface area contributed by atoms with Gasteiger partial charge in [-0.2, -0.15) is 0 Å². The first kappa shape index (κ1) is 13.9. The van der Waals surface area contributed by atoms with Gasteiger partial charge in [0.2, 0.25) is 0 Å². The number of amides is 1. The average molecular weight is 219 g/mol. The molecular formula is C9H17NO5. The lowest BCUT2D eigenvalue weighted by molar-refractivity contribution is -0.159. The fourth-order valence-corrected chi connectivity index (χ4v) is 0.770. The van der Waals surface area contributed by atoms with Gasteiger partial charge in [-0.3, -0.25) is 14.4 Å². The number of nitrogens with one attached hydrogen (secondary N) is 1. The number of hydrogen-bond acceptors (Lipinski definition) is 4. The van der Waals surface area contributed by atoms with Gasteiger partial charge < -0.3 is 10.2 Å². The number of carbonyl (C=O) groups excluding carboxylic acids is 1. The molecule has 0 aromatic carbocycles. The third-order valence-corrected chi connectivity index (χ3v) is 1.49. The number of hydroxylamine groups is 1. The molecule has 0 spiro atoms. The van der Waals surface area contributed by atoms with Crippen LogP contribution >= 0.6 is 0 Å². The minimum absolute atomic E-state index is 0.130. The summed E-state index contributed by atoms with van der Waals surface area (Å²) in [6, 6.07) is 0. The number of aliphatic hydroxyl groups excluding tert-OH is 1. The Balaban J connectivity index is 4.21. The summed E-state index contributed by atoms with van der Waals surface area (Å²) < 4.78 is 0. The molecule has 0 radical (unpaired) electrons. The van der Waals surface area contributed by atoms with Gasteiger partial charge in [-0.1, -0.05) is 0 Å². The van der Waals surface area contributed by atoms with E-state index in [9.17, 15) is 9.59 Å². The minimum atomic E-state index is -1.28. The maximum absolute atomic E-state index is 11.3. The molecule has 15 heavy (non-hydrogen) atoms. The molecule has 1 amide bonds. The zero-order valence-corrected chi connectivity index (χ0v) is 9.11. The lowest BCUT2D eigenvalue weighted by Crippen LogP contribution is -2.40. The highest BCUT2D eigenvalue weighted by Crippen LogP contribution is 2.07. The van der Waals surface area contributed by atoms with Crippen LogP contribution in [0.2, 0.25) is 0 Å². The molecule has 0 rings (SSSR count). The molecular weight excluding hydrogens is 202 g/mol. The second kappa shape index (κ2) is 5.67. The number of carbonyl (C=O) groups is 2. The fourth-order valence-electron chi connectivity index (χ4n) is 0.770. The SMILES string of the molecule is CC(C)(C)ONC(=O)C(CCO)C(=O)O. The maximum atomic E-state index is 11.3. The van der Waals surface area contributed by atoms with E-state index in [1.165, 1.54) is 0 Å². The van der Waals surface area contributed by atoms with E-state index in [4.69, 9.17) is 15.1 Å². The summed E-state index contributed by atoms with van der Waals surface area (Å²) in [6.45, 7) is 4.79. The quantitative estimate of drug-likeness (QED) is 0.444. The minimum Gasteiger partial charge on any atom is -0.481 e. The predicted octanol–water partition coefficient (Wildman–Crippen LogP) is -0.0841. The highest BCUT2D eigenvalue weighted by atomic mass is 16.7. The Labute approximate surface area is 88.2 Å². The normalized spacial score (nSPS) is 13.3. The van der Waals surface area contributed by atoms with Crippen LogP contribution in [0, 0.1) is 5.92 Å². The highest BCUT2D eigenvalue weighted by molar-refractivity contribution is 5.96. The predicted molar refractivity (Wildman–Crippen MR) is 51.8 cm³/mol. The lowest BCUT2D eigenvalue weighted by Gasteiger charge is -2.20. The summed E-state index contributed by atoms with van der Waals surface area (Å²) in [5.41, 5.74) is 1.47. The second-order valence-electron chi connectivity index (χ2n) is 4.08. The van der Waals surface area contributed by atoms with E-state index in [1.807, 2.05) is 0 Å². The standard InChI is InChI=1S/C9H17NO5/c1-9(2,3)15-10-7(12)6(4-5-11)8(13)14/h6,11H,4-5H2,1-3H3,(H,10,12)(H,13,14). The third-order valence-electron chi connectivity index (χ3n) is 1.49. The van der Waals surface area contributed by atoms with Gasteiger partial charge in [0.05, 0.1) is 5.60 Å². The van der Waals surface area contributed by atoms with Crippen molar-refractivity contribution in [1.29, 1.82) is 0 Å². The number of aliphatic hydroxyl groups is 1. The zero-order chi connectivity index (χ0) is 12.1. The average Bonchev–Trinajstić information content (AvgIpc) is 2.08. The molecule has 0 saturated heterocycles. The van der Waals surface area contributed by atoms with E-state index in [0.717, 1.165) is 0 Å². The van der Waals surface area contributed by atoms with Crippen molar-refractivity contribution in [2.24, 2.45) is 5.92 Å². The summed E-state index contributed by atoms with van der Waals surface area (Å²) in [5, 5.41) is 17.3. The smallest absolute Gasteiger partial charge is 0.316 e. The van der Waals surface area contributed by atoms with Crippen LogP contribution in [0.3, 0.4) is 0 Å². The van der Waals surface area contributed by atoms with Crippen molar-refractivity contribution in [2.75, 3.05) is 6.61 Å². The lowest BCUT2D eigenvalue weighted by atomic mass is 10.1. The van der Waals surface area contributed by atoms with Gasteiger partial charge in [-0.25, -0.2) is 5.48 Å². The Morgan fingerprint density at radius 1 is 1.40 bits per heavy atom. The van der Waals surface area contributed by atoms with Gasteiger partial charge in [0.1, 0.15) is 5.92 Å². The number of rotatable bonds is 5. The van der Waals surface area contributed by atoms with E-state index < -0.39 is 23.4 Å². The topological polar surface area (TPSA) is 95.9 Å². The number of aliphatic carboxylic acids is 1. The van der Waals surface area contributed by atoms with Crippen molar-refractivity contribution in [2.45, 2.75) is 32.8 Å². The molecule has 3 N–H and O–H groups in total. The van der Waals surface area contributed by atoms with Gasteiger partial charge in [0, 0.05) is 6.61 Å². The van der Waals surface area contributed by atoms with Crippen LogP contribution in [0.15, 0.2) is 0 Å². The number of hydrogen-bond donors (Lipinski definition) is 3. The zero-order valence-electron chi connectivity index (χ0n) is 9.11. The van der Waals surface area contributed by atoms with Gasteiger partial charge in [-0.05, 0) is 27.2 Å². The molecule has 6 nitrogen and oxygen atoms in total. The van der Waals surface area contributed by atoms with Crippen molar-refractivity contribution in [1.82, 2.24) is 5.48 Å². The Morgan fingerprint density at radius 3 is 2.27 bits per heavy atom. The van der Waals surface area contributed by atoms with Crippen LogP contribution in [0.25, 0.3) is 0 Å². The van der Waals surface area contributed by atoms with Crippen LogP contribution in [0.5, 0.6) is 0 Å². The summed E-state index contributed by atoms with van der Waals surface area (Å²) >= 11 is 0. The molecule has 6 heteroatoms. The molecule has 0 saturated carbocycles. The Morgan fingerprint density at radius 2 is 1.93 bits per heavy atom. The Hall–Kier alpha value is -1.14. The molecule has 0 aliphatic rings. The van der Waals surface area contributed by atoms with E-state index in [1.54, 1.807) is 20.8 Å². The van der Waals surface area contributed by atoms with Crippen molar-refractivity contribution in [3.63, 3.8) is 0 Å². The van der Waals surface area contributed by atoms with E-state index in [-0.39, 0.29) is 13.0 Å². The van der Waals surface area contributed by atoms with Crippen molar-refractivity contribution < 1.29 is 24.6 Å². The maximum Gasteiger partial charge on any atom is 0.316 e. The summed E-state index contributed by atoms with van der Waals surface area (Å²) in [6.07, 6.45) is -0.130. The number of carboxylic acid groups (broad SMARTS) is 1. The molecule has 0 aromatic heterocycles. The third kappa shape index (κ3) is 6.03. The van der Waals surface area contributed by atoms with Gasteiger partial charge in [-0.15, -0.1) is 0 Å². The Bertz CT molecular complexity index is 233. The van der Waals surface area contributed by atoms with E-state index >= 15 is 0 Å². The summed E-state index contributed by atoms with van der Waals surface area (Å²) in [7, 11) is 0. The van der Waals surface area contributed by atoms with Crippen LogP contribution in [0.1, 0.15) is 27.2 Å². The van der Waals surface area contributed by atoms with Gasteiger partial charge >= 0.3 is 5.97 Å². The van der Waals surface area contributed by atoms with Crippen LogP contribution in [0.4, 0.5) is 0 Å².